The molecule has 156 valence electrons. The molecule has 0 fully saturated rings. The lowest BCUT2D eigenvalue weighted by Gasteiger charge is -2.21. The largest absolute Gasteiger partial charge is 0.497 e. The van der Waals surface area contributed by atoms with Gasteiger partial charge in [0, 0.05) is 19.2 Å². The summed E-state index contributed by atoms with van der Waals surface area (Å²) in [5, 5.41) is 4.86. The zero-order valence-electron chi connectivity index (χ0n) is 17.0. The number of nitrogens with zero attached hydrogens (tertiary/aromatic N) is 1. The Morgan fingerprint density at radius 2 is 1.61 bits per heavy atom. The molecule has 28 heavy (non-hydrogen) atoms. The van der Waals surface area contributed by atoms with Crippen molar-refractivity contribution in [3.63, 3.8) is 0 Å². The van der Waals surface area contributed by atoms with Crippen molar-refractivity contribution >= 4 is 17.9 Å². The van der Waals surface area contributed by atoms with E-state index in [-0.39, 0.29) is 25.6 Å². The van der Waals surface area contributed by atoms with Crippen molar-refractivity contribution in [1.82, 2.24) is 15.5 Å². The first kappa shape index (κ1) is 23.2. The van der Waals surface area contributed by atoms with E-state index >= 15 is 0 Å². The van der Waals surface area contributed by atoms with Crippen LogP contribution in [0.15, 0.2) is 18.2 Å². The van der Waals surface area contributed by atoms with Gasteiger partial charge in [0.15, 0.2) is 0 Å². The summed E-state index contributed by atoms with van der Waals surface area (Å²) in [4.78, 5) is 37.2. The number of carbonyl (C=O) groups excluding carboxylic acids is 3. The molecular weight excluding hydrogens is 366 g/mol. The van der Waals surface area contributed by atoms with E-state index in [1.54, 1.807) is 23.1 Å². The molecule has 1 rings (SSSR count). The van der Waals surface area contributed by atoms with Crippen LogP contribution >= 0.6 is 0 Å². The van der Waals surface area contributed by atoms with Gasteiger partial charge in [0.1, 0.15) is 11.5 Å². The van der Waals surface area contributed by atoms with E-state index in [4.69, 9.17) is 14.2 Å². The lowest BCUT2D eigenvalue weighted by molar-refractivity contribution is -0.142. The second-order valence-electron chi connectivity index (χ2n) is 6.59. The number of ether oxygens (including phenoxy) is 3. The molecular formula is C19H29N3O6. The van der Waals surface area contributed by atoms with Crippen LogP contribution < -0.4 is 20.1 Å². The van der Waals surface area contributed by atoms with Crippen LogP contribution in [0.3, 0.4) is 0 Å². The molecule has 9 heteroatoms. The van der Waals surface area contributed by atoms with Gasteiger partial charge in [-0.2, -0.15) is 0 Å². The molecule has 0 bridgehead atoms. The fraction of sp³-hybridized carbons (Fsp3) is 0.526. The van der Waals surface area contributed by atoms with Crippen molar-refractivity contribution in [3.05, 3.63) is 23.8 Å². The van der Waals surface area contributed by atoms with Gasteiger partial charge in [-0.05, 0) is 23.6 Å². The summed E-state index contributed by atoms with van der Waals surface area (Å²) in [7, 11) is 4.34. The van der Waals surface area contributed by atoms with E-state index in [1.807, 2.05) is 13.8 Å². The van der Waals surface area contributed by atoms with Gasteiger partial charge in [-0.1, -0.05) is 13.8 Å². The van der Waals surface area contributed by atoms with Gasteiger partial charge in [0.2, 0.25) is 5.91 Å². The first-order chi connectivity index (χ1) is 13.3. The molecule has 0 aliphatic carbocycles. The van der Waals surface area contributed by atoms with Crippen molar-refractivity contribution < 1.29 is 28.6 Å². The molecule has 1 aromatic rings. The molecule has 0 atom stereocenters. The first-order valence-electron chi connectivity index (χ1n) is 8.86. The predicted molar refractivity (Wildman–Crippen MR) is 103 cm³/mol. The minimum atomic E-state index is -0.570. The number of esters is 1. The van der Waals surface area contributed by atoms with Gasteiger partial charge < -0.3 is 19.5 Å². The van der Waals surface area contributed by atoms with Gasteiger partial charge in [-0.15, -0.1) is 0 Å². The number of urea groups is 1. The summed E-state index contributed by atoms with van der Waals surface area (Å²) in [6.07, 6.45) is 0. The molecule has 0 aliphatic rings. The Kier molecular flexibility index (Phi) is 9.80. The van der Waals surface area contributed by atoms with Crippen molar-refractivity contribution in [2.45, 2.75) is 20.4 Å². The van der Waals surface area contributed by atoms with Gasteiger partial charge >= 0.3 is 12.0 Å². The van der Waals surface area contributed by atoms with E-state index in [0.717, 1.165) is 5.56 Å². The third kappa shape index (κ3) is 8.72. The quantitative estimate of drug-likeness (QED) is 0.573. The topological polar surface area (TPSA) is 106 Å². The number of carbonyl (C=O) groups is 3. The van der Waals surface area contributed by atoms with Crippen molar-refractivity contribution in [3.8, 4) is 11.5 Å². The molecule has 1 aromatic carbocycles. The fourth-order valence-electron chi connectivity index (χ4n) is 2.34. The van der Waals surface area contributed by atoms with E-state index in [2.05, 4.69) is 10.6 Å². The fourth-order valence-corrected chi connectivity index (χ4v) is 2.34. The third-order valence-corrected chi connectivity index (χ3v) is 3.69. The lowest BCUT2D eigenvalue weighted by Crippen LogP contribution is -2.46. The predicted octanol–water partition coefficient (Wildman–Crippen LogP) is 1.16. The molecule has 3 amide bonds. The Labute approximate surface area is 165 Å². The maximum atomic E-state index is 12.2. The SMILES string of the molecule is COC(=O)CN(CC(=O)NC(=O)NCC(C)C)Cc1cc(OC)cc(OC)c1. The summed E-state index contributed by atoms with van der Waals surface area (Å²) >= 11 is 0. The highest BCUT2D eigenvalue weighted by atomic mass is 16.5. The second-order valence-corrected chi connectivity index (χ2v) is 6.59. The van der Waals surface area contributed by atoms with Gasteiger partial charge in [0.05, 0.1) is 34.4 Å². The van der Waals surface area contributed by atoms with Crippen LogP contribution in [-0.2, 0) is 20.9 Å². The van der Waals surface area contributed by atoms with Crippen LogP contribution in [0, 0.1) is 5.92 Å². The molecule has 0 unspecified atom stereocenters. The van der Waals surface area contributed by atoms with Crippen LogP contribution in [-0.4, -0.2) is 63.8 Å². The van der Waals surface area contributed by atoms with Crippen molar-refractivity contribution in [1.29, 1.82) is 0 Å². The number of nitrogens with one attached hydrogen (secondary N) is 2. The number of methoxy groups -OCH3 is 3. The van der Waals surface area contributed by atoms with Crippen molar-refractivity contribution in [2.24, 2.45) is 5.92 Å². The van der Waals surface area contributed by atoms with Crippen LogP contribution in [0.2, 0.25) is 0 Å². The Morgan fingerprint density at radius 1 is 1.00 bits per heavy atom. The highest BCUT2D eigenvalue weighted by molar-refractivity contribution is 5.95. The smallest absolute Gasteiger partial charge is 0.321 e. The average Bonchev–Trinajstić information content (AvgIpc) is 2.65. The Balaban J connectivity index is 2.81. The standard InChI is InChI=1S/C19H29N3O6/c1-13(2)9-20-19(25)21-17(23)11-22(12-18(24)28-5)10-14-6-15(26-3)8-16(7-14)27-4/h6-8,13H,9-12H2,1-5H3,(H2,20,21,23,25). The number of imide groups is 1. The second kappa shape index (κ2) is 11.8. The molecule has 0 saturated heterocycles. The van der Waals surface area contributed by atoms with E-state index in [1.165, 1.54) is 21.3 Å². The lowest BCUT2D eigenvalue weighted by atomic mass is 10.2. The number of hydrogen-bond donors (Lipinski definition) is 2. The zero-order chi connectivity index (χ0) is 21.1. The van der Waals surface area contributed by atoms with Crippen LogP contribution in [0.25, 0.3) is 0 Å². The molecule has 0 saturated carbocycles. The number of rotatable bonds is 10. The molecule has 0 heterocycles. The highest BCUT2D eigenvalue weighted by Crippen LogP contribution is 2.23. The Bertz CT molecular complexity index is 655. The minimum Gasteiger partial charge on any atom is -0.497 e. The normalized spacial score (nSPS) is 10.5. The monoisotopic (exact) mass is 395 g/mol. The van der Waals surface area contributed by atoms with Crippen LogP contribution in [0.4, 0.5) is 4.79 Å². The van der Waals surface area contributed by atoms with E-state index in [9.17, 15) is 14.4 Å². The van der Waals surface area contributed by atoms with Gasteiger partial charge in [0.25, 0.3) is 0 Å². The minimum absolute atomic E-state index is 0.114. The number of hydrogen-bond acceptors (Lipinski definition) is 7. The summed E-state index contributed by atoms with van der Waals surface area (Å²) in [5.41, 5.74) is 0.775. The molecule has 0 radical (unpaired) electrons. The maximum absolute atomic E-state index is 12.2. The highest BCUT2D eigenvalue weighted by Gasteiger charge is 2.18. The summed E-state index contributed by atoms with van der Waals surface area (Å²) in [6, 6.07) is 4.71. The first-order valence-corrected chi connectivity index (χ1v) is 8.86. The van der Waals surface area contributed by atoms with E-state index in [0.29, 0.717) is 18.0 Å². The van der Waals surface area contributed by atoms with Crippen LogP contribution in [0.5, 0.6) is 11.5 Å². The molecule has 2 N–H and O–H groups in total. The van der Waals surface area contributed by atoms with Gasteiger partial charge in [-0.25, -0.2) is 4.79 Å². The molecule has 0 aromatic heterocycles. The molecule has 0 aliphatic heterocycles. The van der Waals surface area contributed by atoms with Crippen molar-refractivity contribution in [2.75, 3.05) is 41.0 Å². The molecule has 0 spiro atoms. The summed E-state index contributed by atoms with van der Waals surface area (Å²) in [6.45, 7) is 4.32. The van der Waals surface area contributed by atoms with Crippen LogP contribution in [0.1, 0.15) is 19.4 Å². The Morgan fingerprint density at radius 3 is 2.11 bits per heavy atom. The molecule has 9 nitrogen and oxygen atoms in total. The number of benzene rings is 1. The number of amides is 3. The summed E-state index contributed by atoms with van der Waals surface area (Å²) < 4.78 is 15.2. The van der Waals surface area contributed by atoms with Gasteiger partial charge in [-0.3, -0.25) is 19.8 Å². The summed E-state index contributed by atoms with van der Waals surface area (Å²) in [5.74, 6) is 0.418. The third-order valence-electron chi connectivity index (χ3n) is 3.69. The maximum Gasteiger partial charge on any atom is 0.321 e. The Hall–Kier alpha value is -2.81. The zero-order valence-corrected chi connectivity index (χ0v) is 17.0. The average molecular weight is 395 g/mol. The van der Waals surface area contributed by atoms with E-state index < -0.39 is 17.9 Å².